The number of esters is 1. The van der Waals surface area contributed by atoms with Crippen LogP contribution in [-0.2, 0) is 16.0 Å². The van der Waals surface area contributed by atoms with Crippen molar-refractivity contribution in [2.24, 2.45) is 0 Å². The van der Waals surface area contributed by atoms with Crippen molar-refractivity contribution in [1.29, 1.82) is 0 Å². The maximum Gasteiger partial charge on any atom is 0.311 e. The molecule has 1 aliphatic rings. The fourth-order valence-corrected chi connectivity index (χ4v) is 3.72. The first-order valence-corrected chi connectivity index (χ1v) is 9.53. The van der Waals surface area contributed by atoms with Gasteiger partial charge >= 0.3 is 5.97 Å². The number of hydrogen-bond acceptors (Lipinski definition) is 7. The summed E-state index contributed by atoms with van der Waals surface area (Å²) in [4.78, 5) is 42.0. The summed E-state index contributed by atoms with van der Waals surface area (Å²) in [5.74, 6) is 0.250. The zero-order valence-electron chi connectivity index (χ0n) is 15.0. The van der Waals surface area contributed by atoms with E-state index in [4.69, 9.17) is 9.15 Å². The van der Waals surface area contributed by atoms with E-state index in [1.165, 1.54) is 11.3 Å². The normalized spacial score (nSPS) is 13.1. The zero-order chi connectivity index (χ0) is 19.7. The molecule has 0 saturated carbocycles. The predicted octanol–water partition coefficient (Wildman–Crippen LogP) is 3.09. The molecular formula is C20H16N2O5S. The molecule has 0 saturated heterocycles. The average molecular weight is 396 g/mol. The Kier molecular flexibility index (Phi) is 4.79. The number of aryl methyl sites for hydroxylation is 1. The summed E-state index contributed by atoms with van der Waals surface area (Å²) in [6.07, 6.45) is 0.0122. The molecule has 3 aromatic rings. The van der Waals surface area contributed by atoms with Crippen molar-refractivity contribution < 1.29 is 23.5 Å². The molecule has 0 atom stereocenters. The Morgan fingerprint density at radius 2 is 1.86 bits per heavy atom. The Bertz CT molecular complexity index is 1030. The lowest BCUT2D eigenvalue weighted by atomic mass is 10.1. The highest BCUT2D eigenvalue weighted by molar-refractivity contribution is 7.13. The van der Waals surface area contributed by atoms with E-state index in [0.717, 1.165) is 10.7 Å². The summed E-state index contributed by atoms with van der Waals surface area (Å²) in [5, 5.41) is 2.47. The van der Waals surface area contributed by atoms with Crippen LogP contribution in [0.1, 0.15) is 32.2 Å². The van der Waals surface area contributed by atoms with Crippen LogP contribution in [0.4, 0.5) is 0 Å². The van der Waals surface area contributed by atoms with Crippen molar-refractivity contribution in [1.82, 2.24) is 9.88 Å². The number of benzene rings is 1. The lowest BCUT2D eigenvalue weighted by Crippen LogP contribution is -2.33. The molecule has 0 unspecified atom stereocenters. The quantitative estimate of drug-likeness (QED) is 0.470. The maximum absolute atomic E-state index is 12.3. The number of carbonyl (C=O) groups is 3. The standard InChI is InChI=1S/C20H16N2O5S/c1-12-6-7-16(27-12)18-21-13(11-28-18)10-17(23)26-9-8-22-19(24)14-4-2-3-5-15(14)20(22)25/h2-7,11H,8-10H2,1H3. The molecule has 0 N–H and O–H groups in total. The SMILES string of the molecule is Cc1ccc(-c2nc(CC(=O)OCCN3C(=O)c4ccccc4C3=O)cs2)o1. The van der Waals surface area contributed by atoms with E-state index in [2.05, 4.69) is 4.98 Å². The zero-order valence-corrected chi connectivity index (χ0v) is 15.8. The molecule has 0 spiro atoms. The molecule has 8 heteroatoms. The number of carbonyl (C=O) groups excluding carboxylic acids is 3. The third-order valence-corrected chi connectivity index (χ3v) is 5.19. The van der Waals surface area contributed by atoms with Crippen LogP contribution in [0, 0.1) is 6.92 Å². The number of fused-ring (bicyclic) bond motifs is 1. The molecule has 0 fully saturated rings. The smallest absolute Gasteiger partial charge is 0.311 e. The van der Waals surface area contributed by atoms with Crippen LogP contribution >= 0.6 is 11.3 Å². The number of thiazole rings is 1. The number of nitrogens with zero attached hydrogens (tertiary/aromatic N) is 2. The van der Waals surface area contributed by atoms with Gasteiger partial charge in [-0.25, -0.2) is 4.98 Å². The monoisotopic (exact) mass is 396 g/mol. The highest BCUT2D eigenvalue weighted by atomic mass is 32.1. The minimum atomic E-state index is -0.468. The first-order chi connectivity index (χ1) is 13.5. The van der Waals surface area contributed by atoms with Crippen molar-refractivity contribution in [2.45, 2.75) is 13.3 Å². The molecule has 0 bridgehead atoms. The van der Waals surface area contributed by atoms with E-state index in [0.29, 0.717) is 27.6 Å². The summed E-state index contributed by atoms with van der Waals surface area (Å²) in [7, 11) is 0. The lowest BCUT2D eigenvalue weighted by Gasteiger charge is -2.13. The maximum atomic E-state index is 12.3. The molecule has 28 heavy (non-hydrogen) atoms. The Labute approximate surface area is 164 Å². The second-order valence-corrected chi connectivity index (χ2v) is 7.12. The Hall–Kier alpha value is -3.26. The van der Waals surface area contributed by atoms with Gasteiger partial charge in [-0.3, -0.25) is 19.3 Å². The summed E-state index contributed by atoms with van der Waals surface area (Å²) in [6.45, 7) is 1.81. The number of imide groups is 1. The first-order valence-electron chi connectivity index (χ1n) is 8.65. The van der Waals surface area contributed by atoms with Crippen LogP contribution in [-0.4, -0.2) is 40.8 Å². The van der Waals surface area contributed by atoms with Gasteiger partial charge in [0, 0.05) is 5.38 Å². The number of hydrogen-bond donors (Lipinski definition) is 0. The topological polar surface area (TPSA) is 89.7 Å². The van der Waals surface area contributed by atoms with Gasteiger partial charge in [0.15, 0.2) is 10.8 Å². The van der Waals surface area contributed by atoms with Crippen LogP contribution in [0.25, 0.3) is 10.8 Å². The largest absolute Gasteiger partial charge is 0.463 e. The van der Waals surface area contributed by atoms with Gasteiger partial charge in [0.05, 0.1) is 29.8 Å². The molecule has 0 radical (unpaired) electrons. The van der Waals surface area contributed by atoms with E-state index < -0.39 is 5.97 Å². The fourth-order valence-electron chi connectivity index (χ4n) is 2.94. The van der Waals surface area contributed by atoms with Crippen molar-refractivity contribution in [3.8, 4) is 10.8 Å². The van der Waals surface area contributed by atoms with E-state index in [1.807, 2.05) is 19.1 Å². The van der Waals surface area contributed by atoms with Gasteiger partial charge in [-0.05, 0) is 31.2 Å². The Balaban J connectivity index is 1.29. The van der Waals surface area contributed by atoms with Crippen molar-refractivity contribution in [3.05, 3.63) is 64.4 Å². The first kappa shape index (κ1) is 18.1. The summed E-state index contributed by atoms with van der Waals surface area (Å²) >= 11 is 1.39. The highest BCUT2D eigenvalue weighted by Gasteiger charge is 2.34. The number of aromatic nitrogens is 1. The average Bonchev–Trinajstić information content (AvgIpc) is 3.37. The number of amides is 2. The molecule has 0 aliphatic carbocycles. The molecule has 2 amide bonds. The molecular weight excluding hydrogens is 380 g/mol. The van der Waals surface area contributed by atoms with Gasteiger partial charge < -0.3 is 9.15 Å². The third-order valence-electron chi connectivity index (χ3n) is 4.28. The van der Waals surface area contributed by atoms with Crippen LogP contribution in [0.5, 0.6) is 0 Å². The number of rotatable bonds is 6. The minimum Gasteiger partial charge on any atom is -0.463 e. The molecule has 1 aliphatic heterocycles. The highest BCUT2D eigenvalue weighted by Crippen LogP contribution is 2.26. The van der Waals surface area contributed by atoms with Crippen molar-refractivity contribution in [3.63, 3.8) is 0 Å². The van der Waals surface area contributed by atoms with Gasteiger partial charge in [0.2, 0.25) is 0 Å². The Morgan fingerprint density at radius 1 is 1.14 bits per heavy atom. The summed E-state index contributed by atoms with van der Waals surface area (Å²) < 4.78 is 10.7. The number of ether oxygens (including phenoxy) is 1. The molecule has 7 nitrogen and oxygen atoms in total. The molecule has 4 rings (SSSR count). The van der Waals surface area contributed by atoms with Gasteiger partial charge in [-0.1, -0.05) is 12.1 Å². The van der Waals surface area contributed by atoms with Gasteiger partial charge in [0.1, 0.15) is 12.4 Å². The van der Waals surface area contributed by atoms with Crippen LogP contribution in [0.2, 0.25) is 0 Å². The van der Waals surface area contributed by atoms with E-state index in [-0.39, 0.29) is 31.4 Å². The van der Waals surface area contributed by atoms with E-state index in [1.54, 1.807) is 29.6 Å². The Morgan fingerprint density at radius 3 is 2.50 bits per heavy atom. The molecule has 142 valence electrons. The van der Waals surface area contributed by atoms with Crippen molar-refractivity contribution >= 4 is 29.1 Å². The van der Waals surface area contributed by atoms with Crippen LogP contribution in [0.3, 0.4) is 0 Å². The van der Waals surface area contributed by atoms with Crippen LogP contribution in [0.15, 0.2) is 46.2 Å². The second kappa shape index (κ2) is 7.40. The second-order valence-electron chi connectivity index (χ2n) is 6.26. The van der Waals surface area contributed by atoms with Gasteiger partial charge in [-0.15, -0.1) is 11.3 Å². The van der Waals surface area contributed by atoms with Gasteiger partial charge in [-0.2, -0.15) is 0 Å². The van der Waals surface area contributed by atoms with Crippen LogP contribution < -0.4 is 0 Å². The number of furan rings is 1. The van der Waals surface area contributed by atoms with Crippen molar-refractivity contribution in [2.75, 3.05) is 13.2 Å². The van der Waals surface area contributed by atoms with Gasteiger partial charge in [0.25, 0.3) is 11.8 Å². The molecule has 2 aromatic heterocycles. The summed E-state index contributed by atoms with van der Waals surface area (Å²) in [5.41, 5.74) is 1.34. The molecule has 1 aromatic carbocycles. The predicted molar refractivity (Wildman–Crippen MR) is 101 cm³/mol. The summed E-state index contributed by atoms with van der Waals surface area (Å²) in [6, 6.07) is 10.3. The minimum absolute atomic E-state index is 0.0122. The van der Waals surface area contributed by atoms with E-state index in [9.17, 15) is 14.4 Å². The lowest BCUT2D eigenvalue weighted by molar-refractivity contribution is -0.143. The fraction of sp³-hybridized carbons (Fsp3) is 0.200. The van der Waals surface area contributed by atoms with E-state index >= 15 is 0 Å². The third kappa shape index (κ3) is 3.46. The molecule has 3 heterocycles.